The minimum atomic E-state index is -0.0193. The Morgan fingerprint density at radius 2 is 1.12 bits per heavy atom. The standard InChI is InChI=1S/C29H20N2O.C2H6/c32-29-24-18-10-11-19-26(24)31-27(22-14-6-2-7-15-22)20-25(21-12-4-1-5-13-21)28(31)30(29)23-16-8-3-9-17-23;1-2/h1-20H;1-2H3. The van der Waals surface area contributed by atoms with Crippen LogP contribution < -0.4 is 5.56 Å². The summed E-state index contributed by atoms with van der Waals surface area (Å²) in [5.74, 6) is 0. The van der Waals surface area contributed by atoms with Crippen molar-refractivity contribution >= 4 is 16.6 Å². The maximum atomic E-state index is 13.8. The second-order valence-corrected chi connectivity index (χ2v) is 7.83. The second kappa shape index (κ2) is 9.24. The second-order valence-electron chi connectivity index (χ2n) is 7.83. The molecule has 0 bridgehead atoms. The van der Waals surface area contributed by atoms with Crippen LogP contribution in [-0.4, -0.2) is 8.97 Å². The lowest BCUT2D eigenvalue weighted by atomic mass is 10.1. The van der Waals surface area contributed by atoms with E-state index in [0.717, 1.165) is 39.2 Å². The van der Waals surface area contributed by atoms with Gasteiger partial charge in [-0.15, -0.1) is 0 Å². The number of benzene rings is 4. The van der Waals surface area contributed by atoms with Gasteiger partial charge in [0.15, 0.2) is 0 Å². The first kappa shape index (κ1) is 21.5. The average Bonchev–Trinajstić information content (AvgIpc) is 3.32. The van der Waals surface area contributed by atoms with Crippen molar-refractivity contribution in [3.8, 4) is 28.1 Å². The van der Waals surface area contributed by atoms with Gasteiger partial charge in [-0.2, -0.15) is 0 Å². The van der Waals surface area contributed by atoms with E-state index in [-0.39, 0.29) is 5.56 Å². The zero-order valence-corrected chi connectivity index (χ0v) is 19.3. The number of aromatic nitrogens is 2. The predicted octanol–water partition coefficient (Wildman–Crippen LogP) is 7.60. The van der Waals surface area contributed by atoms with Crippen molar-refractivity contribution in [1.29, 1.82) is 0 Å². The molecule has 4 aromatic carbocycles. The number of hydrogen-bond donors (Lipinski definition) is 0. The predicted molar refractivity (Wildman–Crippen MR) is 143 cm³/mol. The van der Waals surface area contributed by atoms with Crippen LogP contribution in [0.3, 0.4) is 0 Å². The Balaban J connectivity index is 0.00000117. The lowest BCUT2D eigenvalue weighted by Crippen LogP contribution is -2.21. The number of para-hydroxylation sites is 2. The fraction of sp³-hybridized carbons (Fsp3) is 0.0645. The monoisotopic (exact) mass is 442 g/mol. The van der Waals surface area contributed by atoms with Crippen molar-refractivity contribution in [2.45, 2.75) is 13.8 Å². The van der Waals surface area contributed by atoms with Crippen molar-refractivity contribution in [2.24, 2.45) is 0 Å². The van der Waals surface area contributed by atoms with Gasteiger partial charge in [0.05, 0.1) is 22.3 Å². The minimum absolute atomic E-state index is 0.0193. The van der Waals surface area contributed by atoms with E-state index in [1.807, 2.05) is 109 Å². The van der Waals surface area contributed by atoms with Gasteiger partial charge in [-0.25, -0.2) is 0 Å². The zero-order chi connectivity index (χ0) is 23.5. The van der Waals surface area contributed by atoms with E-state index >= 15 is 0 Å². The summed E-state index contributed by atoms with van der Waals surface area (Å²) in [5.41, 5.74) is 6.86. The van der Waals surface area contributed by atoms with E-state index in [1.165, 1.54) is 0 Å². The third kappa shape index (κ3) is 3.52. The molecule has 0 amide bonds. The Hall–Kier alpha value is -4.37. The smallest absolute Gasteiger partial charge is 0.266 e. The molecular formula is C31H26N2O. The van der Waals surface area contributed by atoms with Gasteiger partial charge in [-0.05, 0) is 41.5 Å². The number of nitrogens with zero attached hydrogens (tertiary/aromatic N) is 2. The molecule has 0 saturated heterocycles. The van der Waals surface area contributed by atoms with Crippen LogP contribution in [-0.2, 0) is 0 Å². The molecule has 0 aliphatic heterocycles. The van der Waals surface area contributed by atoms with Gasteiger partial charge in [0.2, 0.25) is 0 Å². The molecule has 3 heteroatoms. The van der Waals surface area contributed by atoms with Crippen LogP contribution in [0.25, 0.3) is 44.6 Å². The van der Waals surface area contributed by atoms with E-state index in [0.29, 0.717) is 5.39 Å². The summed E-state index contributed by atoms with van der Waals surface area (Å²) >= 11 is 0. The summed E-state index contributed by atoms with van der Waals surface area (Å²) < 4.78 is 4.07. The molecular weight excluding hydrogens is 416 g/mol. The van der Waals surface area contributed by atoms with Gasteiger partial charge in [0.25, 0.3) is 5.56 Å². The van der Waals surface area contributed by atoms with E-state index in [9.17, 15) is 4.79 Å². The highest BCUT2D eigenvalue weighted by Crippen LogP contribution is 2.35. The molecule has 0 aliphatic rings. The summed E-state index contributed by atoms with van der Waals surface area (Å²) in [4.78, 5) is 13.8. The molecule has 6 aromatic rings. The molecule has 34 heavy (non-hydrogen) atoms. The normalized spacial score (nSPS) is 10.8. The summed E-state index contributed by atoms with van der Waals surface area (Å²) in [6, 6.07) is 40.6. The number of fused-ring (bicyclic) bond motifs is 3. The van der Waals surface area contributed by atoms with Gasteiger partial charge >= 0.3 is 0 Å². The van der Waals surface area contributed by atoms with E-state index < -0.39 is 0 Å². The highest BCUT2D eigenvalue weighted by Gasteiger charge is 2.20. The van der Waals surface area contributed by atoms with Gasteiger partial charge in [-0.1, -0.05) is 105 Å². The molecule has 0 aliphatic carbocycles. The van der Waals surface area contributed by atoms with E-state index in [4.69, 9.17) is 0 Å². The summed E-state index contributed by atoms with van der Waals surface area (Å²) in [6.07, 6.45) is 0. The van der Waals surface area contributed by atoms with Gasteiger partial charge in [0, 0.05) is 5.56 Å². The minimum Gasteiger partial charge on any atom is -0.294 e. The third-order valence-corrected chi connectivity index (χ3v) is 5.93. The lowest BCUT2D eigenvalue weighted by Gasteiger charge is -2.15. The van der Waals surface area contributed by atoms with Gasteiger partial charge < -0.3 is 0 Å². The molecule has 0 spiro atoms. The third-order valence-electron chi connectivity index (χ3n) is 5.93. The quantitative estimate of drug-likeness (QED) is 0.277. The molecule has 6 rings (SSSR count). The van der Waals surface area contributed by atoms with Gasteiger partial charge in [0.1, 0.15) is 5.65 Å². The molecule has 0 N–H and O–H groups in total. The molecule has 0 atom stereocenters. The molecule has 0 fully saturated rings. The number of hydrogen-bond acceptors (Lipinski definition) is 1. The van der Waals surface area contributed by atoms with Crippen LogP contribution in [0, 0.1) is 0 Å². The Labute approximate surface area is 199 Å². The molecule has 2 aromatic heterocycles. The molecule has 0 saturated carbocycles. The van der Waals surface area contributed by atoms with E-state index in [2.05, 4.69) is 34.7 Å². The van der Waals surface area contributed by atoms with Crippen molar-refractivity contribution in [3.63, 3.8) is 0 Å². The SMILES string of the molecule is CC.O=c1c2ccccc2n2c(-c3ccccc3)cc(-c3ccccc3)c2n1-c1ccccc1. The highest BCUT2D eigenvalue weighted by atomic mass is 16.1. The molecule has 0 unspecified atom stereocenters. The Morgan fingerprint density at radius 1 is 0.588 bits per heavy atom. The lowest BCUT2D eigenvalue weighted by molar-refractivity contribution is 1.00. The van der Waals surface area contributed by atoms with Crippen LogP contribution in [0.2, 0.25) is 0 Å². The Bertz CT molecular complexity index is 1610. The zero-order valence-electron chi connectivity index (χ0n) is 19.3. The topological polar surface area (TPSA) is 26.4 Å². The first-order valence-corrected chi connectivity index (χ1v) is 11.7. The van der Waals surface area contributed by atoms with Crippen molar-refractivity contribution in [3.05, 3.63) is 132 Å². The van der Waals surface area contributed by atoms with Crippen molar-refractivity contribution in [1.82, 2.24) is 8.97 Å². The highest BCUT2D eigenvalue weighted by molar-refractivity contribution is 5.93. The van der Waals surface area contributed by atoms with Crippen molar-refractivity contribution < 1.29 is 0 Å². The van der Waals surface area contributed by atoms with Crippen LogP contribution in [0.5, 0.6) is 0 Å². The Kier molecular flexibility index (Phi) is 5.84. The van der Waals surface area contributed by atoms with E-state index in [1.54, 1.807) is 0 Å². The maximum absolute atomic E-state index is 13.8. The summed E-state index contributed by atoms with van der Waals surface area (Å²) in [5, 5.41) is 0.691. The molecule has 3 nitrogen and oxygen atoms in total. The van der Waals surface area contributed by atoms with Crippen LogP contribution in [0.1, 0.15) is 13.8 Å². The van der Waals surface area contributed by atoms with Crippen molar-refractivity contribution in [2.75, 3.05) is 0 Å². The molecule has 0 radical (unpaired) electrons. The first-order valence-electron chi connectivity index (χ1n) is 11.7. The average molecular weight is 443 g/mol. The van der Waals surface area contributed by atoms with Crippen LogP contribution in [0.15, 0.2) is 126 Å². The summed E-state index contributed by atoms with van der Waals surface area (Å²) in [7, 11) is 0. The maximum Gasteiger partial charge on any atom is 0.266 e. The van der Waals surface area contributed by atoms with Crippen LogP contribution in [0.4, 0.5) is 0 Å². The Morgan fingerprint density at radius 3 is 1.76 bits per heavy atom. The molecule has 166 valence electrons. The number of rotatable bonds is 3. The van der Waals surface area contributed by atoms with Gasteiger partial charge in [-0.3, -0.25) is 13.8 Å². The largest absolute Gasteiger partial charge is 0.294 e. The summed E-state index contributed by atoms with van der Waals surface area (Å²) in [6.45, 7) is 4.00. The fourth-order valence-corrected chi connectivity index (χ4v) is 4.50. The fourth-order valence-electron chi connectivity index (χ4n) is 4.50. The van der Waals surface area contributed by atoms with Crippen LogP contribution >= 0.6 is 0 Å². The first-order chi connectivity index (χ1) is 16.8. The molecule has 2 heterocycles.